The van der Waals surface area contributed by atoms with Crippen LogP contribution in [0.4, 0.5) is 0 Å². The number of benzene rings is 2. The van der Waals surface area contributed by atoms with Crippen molar-refractivity contribution in [2.45, 2.75) is 25.0 Å². The lowest BCUT2D eigenvalue weighted by molar-refractivity contribution is -0.157. The maximum atomic E-state index is 13.0. The van der Waals surface area contributed by atoms with Gasteiger partial charge in [0, 0.05) is 17.5 Å². The van der Waals surface area contributed by atoms with E-state index in [2.05, 4.69) is 0 Å². The summed E-state index contributed by atoms with van der Waals surface area (Å²) in [5.74, 6) is -2.61. The maximum Gasteiger partial charge on any atom is 0.336 e. The summed E-state index contributed by atoms with van der Waals surface area (Å²) in [4.78, 5) is 36.9. The molecular formula is C19H14O7. The van der Waals surface area contributed by atoms with Crippen molar-refractivity contribution >= 4 is 17.5 Å². The van der Waals surface area contributed by atoms with Crippen molar-refractivity contribution in [3.63, 3.8) is 0 Å². The minimum atomic E-state index is -1.80. The number of carboxylic acid groups (broad SMARTS) is 1. The molecule has 2 atom stereocenters. The van der Waals surface area contributed by atoms with Gasteiger partial charge in [0.2, 0.25) is 0 Å². The number of carboxylic acids is 1. The highest BCUT2D eigenvalue weighted by Crippen LogP contribution is 2.44. The molecule has 2 aromatic carbocycles. The van der Waals surface area contributed by atoms with Gasteiger partial charge < -0.3 is 20.1 Å². The van der Waals surface area contributed by atoms with Crippen LogP contribution >= 0.6 is 0 Å². The van der Waals surface area contributed by atoms with Gasteiger partial charge in [-0.05, 0) is 24.6 Å². The van der Waals surface area contributed by atoms with E-state index in [1.165, 1.54) is 31.2 Å². The molecule has 0 saturated carbocycles. The number of aliphatic carboxylic acids is 1. The molecule has 26 heavy (non-hydrogen) atoms. The fourth-order valence-corrected chi connectivity index (χ4v) is 3.59. The highest BCUT2D eigenvalue weighted by molar-refractivity contribution is 6.30. The van der Waals surface area contributed by atoms with Gasteiger partial charge in [-0.1, -0.05) is 18.2 Å². The van der Waals surface area contributed by atoms with E-state index in [9.17, 15) is 24.6 Å². The van der Waals surface area contributed by atoms with E-state index in [0.29, 0.717) is 5.56 Å². The standard InChI is InChI=1S/C19H14O7/c1-19(17(23)18(24)25)7-8-5-6-10-13(16(8)26-19)15(22)9-3-2-4-11(20)12(9)14(10)21/h2-6,17,20,23H,7H2,1H3,(H,24,25)/t17-,19-/m0/s1. The highest BCUT2D eigenvalue weighted by atomic mass is 16.5. The van der Waals surface area contributed by atoms with Crippen molar-refractivity contribution in [1.82, 2.24) is 0 Å². The Morgan fingerprint density at radius 3 is 2.46 bits per heavy atom. The summed E-state index contributed by atoms with van der Waals surface area (Å²) in [6.07, 6.45) is -1.71. The number of ketones is 2. The summed E-state index contributed by atoms with van der Waals surface area (Å²) in [7, 11) is 0. The number of phenolic OH excluding ortho intramolecular Hbond substituents is 1. The summed E-state index contributed by atoms with van der Waals surface area (Å²) in [6, 6.07) is 7.28. The summed E-state index contributed by atoms with van der Waals surface area (Å²) < 4.78 is 5.71. The molecular weight excluding hydrogens is 340 g/mol. The summed E-state index contributed by atoms with van der Waals surface area (Å²) in [5.41, 5.74) is -0.797. The average molecular weight is 354 g/mol. The van der Waals surface area contributed by atoms with Crippen LogP contribution in [0.1, 0.15) is 44.3 Å². The highest BCUT2D eigenvalue weighted by Gasteiger charge is 2.48. The number of aliphatic hydroxyl groups excluding tert-OH is 1. The second-order valence-corrected chi connectivity index (χ2v) is 6.67. The van der Waals surface area contributed by atoms with Gasteiger partial charge in [0.15, 0.2) is 17.7 Å². The van der Waals surface area contributed by atoms with E-state index in [0.717, 1.165) is 0 Å². The Bertz CT molecular complexity index is 1010. The Kier molecular flexibility index (Phi) is 3.23. The van der Waals surface area contributed by atoms with Crippen LogP contribution in [0.25, 0.3) is 0 Å². The molecule has 2 aromatic rings. The number of aliphatic hydroxyl groups is 1. The van der Waals surface area contributed by atoms with Crippen LogP contribution in [0.15, 0.2) is 30.3 Å². The number of hydrogen-bond donors (Lipinski definition) is 3. The first-order valence-corrected chi connectivity index (χ1v) is 7.92. The average Bonchev–Trinajstić information content (AvgIpc) is 2.95. The van der Waals surface area contributed by atoms with E-state index in [-0.39, 0.29) is 40.2 Å². The predicted octanol–water partition coefficient (Wildman–Crippen LogP) is 1.31. The first-order chi connectivity index (χ1) is 12.2. The van der Waals surface area contributed by atoms with Gasteiger partial charge in [0.05, 0.1) is 11.1 Å². The van der Waals surface area contributed by atoms with Crippen LogP contribution in [0, 0.1) is 0 Å². The molecule has 0 spiro atoms. The molecule has 3 N–H and O–H groups in total. The van der Waals surface area contributed by atoms with Crippen molar-refractivity contribution in [3.05, 3.63) is 58.1 Å². The monoisotopic (exact) mass is 354 g/mol. The lowest BCUT2D eigenvalue weighted by atomic mass is 9.82. The van der Waals surface area contributed by atoms with Crippen molar-refractivity contribution in [2.24, 2.45) is 0 Å². The number of phenols is 1. The Morgan fingerprint density at radius 2 is 1.77 bits per heavy atom. The predicted molar refractivity (Wildman–Crippen MR) is 87.8 cm³/mol. The van der Waals surface area contributed by atoms with Crippen LogP contribution in [0.3, 0.4) is 0 Å². The van der Waals surface area contributed by atoms with E-state index in [4.69, 9.17) is 9.84 Å². The molecule has 2 aliphatic rings. The van der Waals surface area contributed by atoms with Crippen LogP contribution in [0.5, 0.6) is 11.5 Å². The first-order valence-electron chi connectivity index (χ1n) is 7.92. The molecule has 0 bridgehead atoms. The van der Waals surface area contributed by atoms with E-state index >= 15 is 0 Å². The van der Waals surface area contributed by atoms with Gasteiger partial charge in [-0.15, -0.1) is 0 Å². The number of aromatic hydroxyl groups is 1. The normalized spacial score (nSPS) is 21.5. The van der Waals surface area contributed by atoms with E-state index in [1.807, 2.05) is 0 Å². The van der Waals surface area contributed by atoms with Gasteiger partial charge >= 0.3 is 5.97 Å². The van der Waals surface area contributed by atoms with Crippen molar-refractivity contribution < 1.29 is 34.4 Å². The Balaban J connectivity index is 1.89. The van der Waals surface area contributed by atoms with Crippen LogP contribution in [0.2, 0.25) is 0 Å². The molecule has 7 heteroatoms. The van der Waals surface area contributed by atoms with Gasteiger partial charge in [-0.3, -0.25) is 9.59 Å². The molecule has 0 amide bonds. The molecule has 0 saturated heterocycles. The molecule has 132 valence electrons. The minimum Gasteiger partial charge on any atom is -0.507 e. The third-order valence-corrected chi connectivity index (χ3v) is 4.91. The molecule has 0 radical (unpaired) electrons. The number of fused-ring (bicyclic) bond motifs is 4. The molecule has 0 aromatic heterocycles. The fourth-order valence-electron chi connectivity index (χ4n) is 3.59. The SMILES string of the molecule is C[C@@]1([C@@H](O)C(=O)O)Cc2ccc3c(c2O1)C(=O)c1cccc(O)c1C3=O. The first kappa shape index (κ1) is 16.3. The van der Waals surface area contributed by atoms with Gasteiger partial charge in [0.1, 0.15) is 17.1 Å². The van der Waals surface area contributed by atoms with Crippen LogP contribution < -0.4 is 4.74 Å². The summed E-state index contributed by atoms with van der Waals surface area (Å²) in [6.45, 7) is 1.44. The Morgan fingerprint density at radius 1 is 1.12 bits per heavy atom. The van der Waals surface area contributed by atoms with E-state index in [1.54, 1.807) is 6.07 Å². The zero-order valence-electron chi connectivity index (χ0n) is 13.6. The molecule has 1 heterocycles. The second kappa shape index (κ2) is 5.15. The lowest BCUT2D eigenvalue weighted by Gasteiger charge is -2.27. The van der Waals surface area contributed by atoms with Gasteiger partial charge in [-0.2, -0.15) is 0 Å². The van der Waals surface area contributed by atoms with Crippen molar-refractivity contribution in [1.29, 1.82) is 0 Å². The quantitative estimate of drug-likeness (QED) is 0.634. The molecule has 1 aliphatic carbocycles. The lowest BCUT2D eigenvalue weighted by Crippen LogP contribution is -2.48. The van der Waals surface area contributed by atoms with E-state index < -0.39 is 29.2 Å². The zero-order valence-corrected chi connectivity index (χ0v) is 13.6. The number of carbonyl (C=O) groups is 3. The molecule has 7 nitrogen and oxygen atoms in total. The molecule has 1 aliphatic heterocycles. The number of carbonyl (C=O) groups excluding carboxylic acids is 2. The third kappa shape index (κ3) is 2.01. The summed E-state index contributed by atoms with van der Waals surface area (Å²) >= 11 is 0. The van der Waals surface area contributed by atoms with Crippen LogP contribution in [-0.4, -0.2) is 44.6 Å². The van der Waals surface area contributed by atoms with Crippen LogP contribution in [-0.2, 0) is 11.2 Å². The molecule has 0 fully saturated rings. The number of rotatable bonds is 2. The third-order valence-electron chi connectivity index (χ3n) is 4.91. The smallest absolute Gasteiger partial charge is 0.336 e. The number of ether oxygens (including phenoxy) is 1. The van der Waals surface area contributed by atoms with Gasteiger partial charge in [-0.25, -0.2) is 4.79 Å². The summed E-state index contributed by atoms with van der Waals surface area (Å²) in [5, 5.41) is 29.0. The topological polar surface area (TPSA) is 121 Å². The number of hydrogen-bond acceptors (Lipinski definition) is 6. The zero-order chi connectivity index (χ0) is 18.8. The van der Waals surface area contributed by atoms with Gasteiger partial charge in [0.25, 0.3) is 0 Å². The Hall–Kier alpha value is -3.19. The maximum absolute atomic E-state index is 13.0. The Labute approximate surface area is 147 Å². The second-order valence-electron chi connectivity index (χ2n) is 6.67. The fraction of sp³-hybridized carbons (Fsp3) is 0.211. The molecule has 0 unspecified atom stereocenters. The van der Waals surface area contributed by atoms with Crippen molar-refractivity contribution in [3.8, 4) is 11.5 Å². The largest absolute Gasteiger partial charge is 0.507 e. The van der Waals surface area contributed by atoms with Crippen molar-refractivity contribution in [2.75, 3.05) is 0 Å². The molecule has 4 rings (SSSR count). The minimum absolute atomic E-state index is 0.0342.